The smallest absolute Gasteiger partial charge is 0.255 e. The van der Waals surface area contributed by atoms with Gasteiger partial charge in [0.15, 0.2) is 0 Å². The van der Waals surface area contributed by atoms with E-state index in [1.54, 1.807) is 12.1 Å². The molecule has 0 saturated carbocycles. The standard InChI is InChI=1S/C15H13ClFIN4O/c16-10-6-20-7-13(14(10)15(23)21-9-4-19-5-9)22-12-2-1-8(18)3-11(12)17/h1-3,6-7,9,19,22H,4-5H2,(H,21,23). The molecule has 1 aliphatic heterocycles. The van der Waals surface area contributed by atoms with Crippen LogP contribution in [0.1, 0.15) is 10.4 Å². The molecule has 1 aromatic heterocycles. The van der Waals surface area contributed by atoms with Gasteiger partial charge in [-0.3, -0.25) is 9.78 Å². The maximum Gasteiger partial charge on any atom is 0.255 e. The van der Waals surface area contributed by atoms with E-state index in [2.05, 4.69) is 20.9 Å². The average Bonchev–Trinajstić information content (AvgIpc) is 2.46. The first-order valence-corrected chi connectivity index (χ1v) is 8.37. The van der Waals surface area contributed by atoms with Crippen molar-refractivity contribution in [2.24, 2.45) is 0 Å². The van der Waals surface area contributed by atoms with Crippen molar-refractivity contribution in [1.29, 1.82) is 0 Å². The molecule has 0 unspecified atom stereocenters. The molecule has 0 bridgehead atoms. The van der Waals surface area contributed by atoms with E-state index in [1.807, 2.05) is 22.6 Å². The second kappa shape index (κ2) is 6.98. The molecule has 1 aliphatic rings. The SMILES string of the molecule is O=C(NC1CNC1)c1c(Cl)cncc1Nc1ccc(I)cc1F. The zero-order valence-corrected chi connectivity index (χ0v) is 14.8. The summed E-state index contributed by atoms with van der Waals surface area (Å²) in [5, 5.41) is 9.06. The summed E-state index contributed by atoms with van der Waals surface area (Å²) in [5.74, 6) is -0.719. The van der Waals surface area contributed by atoms with Crippen molar-refractivity contribution in [2.45, 2.75) is 6.04 Å². The Morgan fingerprint density at radius 1 is 1.35 bits per heavy atom. The molecule has 23 heavy (non-hydrogen) atoms. The minimum absolute atomic E-state index is 0.0784. The molecular formula is C15H13ClFIN4O. The van der Waals surface area contributed by atoms with Crippen LogP contribution in [0.5, 0.6) is 0 Å². The van der Waals surface area contributed by atoms with Gasteiger partial charge >= 0.3 is 0 Å². The molecule has 2 heterocycles. The number of aromatic nitrogens is 1. The van der Waals surface area contributed by atoms with Gasteiger partial charge in [0, 0.05) is 22.9 Å². The first kappa shape index (κ1) is 16.4. The first-order valence-electron chi connectivity index (χ1n) is 6.92. The number of halogens is 3. The number of carbonyl (C=O) groups excluding carboxylic acids is 1. The lowest BCUT2D eigenvalue weighted by molar-refractivity contribution is 0.0925. The second-order valence-electron chi connectivity index (χ2n) is 5.12. The molecule has 1 fully saturated rings. The van der Waals surface area contributed by atoms with E-state index in [0.717, 1.165) is 16.7 Å². The number of nitrogens with zero attached hydrogens (tertiary/aromatic N) is 1. The van der Waals surface area contributed by atoms with Crippen LogP contribution in [0.4, 0.5) is 15.8 Å². The number of hydrogen-bond donors (Lipinski definition) is 3. The highest BCUT2D eigenvalue weighted by molar-refractivity contribution is 14.1. The lowest BCUT2D eigenvalue weighted by Crippen LogP contribution is -2.57. The summed E-state index contributed by atoms with van der Waals surface area (Å²) in [6, 6.07) is 4.86. The van der Waals surface area contributed by atoms with E-state index in [9.17, 15) is 9.18 Å². The Morgan fingerprint density at radius 3 is 2.78 bits per heavy atom. The molecule has 0 spiro atoms. The van der Waals surface area contributed by atoms with Crippen LogP contribution in [-0.4, -0.2) is 30.0 Å². The number of anilines is 2. The van der Waals surface area contributed by atoms with E-state index in [1.165, 1.54) is 18.5 Å². The maximum absolute atomic E-state index is 14.0. The predicted molar refractivity (Wildman–Crippen MR) is 95.8 cm³/mol. The Hall–Kier alpha value is -1.45. The number of amides is 1. The zero-order chi connectivity index (χ0) is 16.4. The number of rotatable bonds is 4. The lowest BCUT2D eigenvalue weighted by Gasteiger charge is -2.28. The summed E-state index contributed by atoms with van der Waals surface area (Å²) in [4.78, 5) is 16.4. The Kier molecular flexibility index (Phi) is 4.98. The number of hydrogen-bond acceptors (Lipinski definition) is 4. The van der Waals surface area contributed by atoms with Gasteiger partial charge in [-0.05, 0) is 40.8 Å². The fourth-order valence-corrected chi connectivity index (χ4v) is 2.84. The average molecular weight is 447 g/mol. The highest BCUT2D eigenvalue weighted by Crippen LogP contribution is 2.28. The number of nitrogens with one attached hydrogen (secondary N) is 3. The van der Waals surface area contributed by atoms with Crippen LogP contribution in [0, 0.1) is 9.39 Å². The summed E-state index contributed by atoms with van der Waals surface area (Å²) < 4.78 is 14.8. The first-order chi connectivity index (χ1) is 11.0. The zero-order valence-electron chi connectivity index (χ0n) is 11.9. The van der Waals surface area contributed by atoms with Gasteiger partial charge in [0.2, 0.25) is 0 Å². The molecule has 8 heteroatoms. The van der Waals surface area contributed by atoms with Crippen LogP contribution < -0.4 is 16.0 Å². The van der Waals surface area contributed by atoms with Crippen molar-refractivity contribution in [3.05, 3.63) is 50.6 Å². The minimum atomic E-state index is -0.411. The third-order valence-corrected chi connectivity index (χ3v) is 4.40. The molecule has 0 atom stereocenters. The molecule has 1 aromatic carbocycles. The molecule has 1 amide bonds. The van der Waals surface area contributed by atoms with Crippen molar-refractivity contribution in [3.8, 4) is 0 Å². The fraction of sp³-hybridized carbons (Fsp3) is 0.200. The molecule has 3 rings (SSSR count). The van der Waals surface area contributed by atoms with Crippen molar-refractivity contribution < 1.29 is 9.18 Å². The van der Waals surface area contributed by atoms with E-state index in [0.29, 0.717) is 5.69 Å². The van der Waals surface area contributed by atoms with Gasteiger partial charge in [0.25, 0.3) is 5.91 Å². The highest BCUT2D eigenvalue weighted by atomic mass is 127. The van der Waals surface area contributed by atoms with Gasteiger partial charge in [-0.15, -0.1) is 0 Å². The van der Waals surface area contributed by atoms with Crippen LogP contribution in [-0.2, 0) is 0 Å². The topological polar surface area (TPSA) is 66.0 Å². The molecule has 5 nitrogen and oxygen atoms in total. The van der Waals surface area contributed by atoms with Crippen LogP contribution in [0.25, 0.3) is 0 Å². The molecule has 0 aliphatic carbocycles. The van der Waals surface area contributed by atoms with Crippen molar-refractivity contribution >= 4 is 51.5 Å². The predicted octanol–water partition coefficient (Wildman–Crippen LogP) is 2.92. The second-order valence-corrected chi connectivity index (χ2v) is 6.77. The summed E-state index contributed by atoms with van der Waals surface area (Å²) in [5.41, 5.74) is 0.878. The van der Waals surface area contributed by atoms with Crippen LogP contribution in [0.3, 0.4) is 0 Å². The molecule has 2 aromatic rings. The van der Waals surface area contributed by atoms with E-state index < -0.39 is 5.82 Å². The summed E-state index contributed by atoms with van der Waals surface area (Å²) in [6.07, 6.45) is 2.85. The third-order valence-electron chi connectivity index (χ3n) is 3.44. The Balaban J connectivity index is 1.89. The van der Waals surface area contributed by atoms with Gasteiger partial charge in [-0.25, -0.2) is 4.39 Å². The van der Waals surface area contributed by atoms with E-state index in [-0.39, 0.29) is 28.2 Å². The monoisotopic (exact) mass is 446 g/mol. The van der Waals surface area contributed by atoms with Crippen molar-refractivity contribution in [3.63, 3.8) is 0 Å². The third kappa shape index (κ3) is 3.73. The van der Waals surface area contributed by atoms with Crippen molar-refractivity contribution in [2.75, 3.05) is 18.4 Å². The van der Waals surface area contributed by atoms with Gasteiger partial charge in [0.1, 0.15) is 5.82 Å². The molecule has 120 valence electrons. The maximum atomic E-state index is 14.0. The Bertz CT molecular complexity index is 754. The van der Waals surface area contributed by atoms with Gasteiger partial charge in [-0.2, -0.15) is 0 Å². The van der Waals surface area contributed by atoms with E-state index in [4.69, 9.17) is 11.6 Å². The lowest BCUT2D eigenvalue weighted by atomic mass is 10.1. The van der Waals surface area contributed by atoms with Gasteiger partial charge in [0.05, 0.1) is 34.2 Å². The number of pyridine rings is 1. The van der Waals surface area contributed by atoms with Gasteiger partial charge < -0.3 is 16.0 Å². The van der Waals surface area contributed by atoms with Crippen LogP contribution in [0.2, 0.25) is 5.02 Å². The summed E-state index contributed by atoms with van der Waals surface area (Å²) in [6.45, 7) is 1.45. The molecule has 0 radical (unpaired) electrons. The molecular weight excluding hydrogens is 434 g/mol. The Morgan fingerprint density at radius 2 is 2.13 bits per heavy atom. The molecule has 1 saturated heterocycles. The minimum Gasteiger partial charge on any atom is -0.351 e. The van der Waals surface area contributed by atoms with Crippen LogP contribution in [0.15, 0.2) is 30.6 Å². The number of benzene rings is 1. The van der Waals surface area contributed by atoms with E-state index >= 15 is 0 Å². The normalized spacial score (nSPS) is 14.2. The van der Waals surface area contributed by atoms with Gasteiger partial charge in [-0.1, -0.05) is 11.6 Å². The fourth-order valence-electron chi connectivity index (χ4n) is 2.14. The summed E-state index contributed by atoms with van der Waals surface area (Å²) >= 11 is 8.15. The quantitative estimate of drug-likeness (QED) is 0.632. The van der Waals surface area contributed by atoms with Crippen molar-refractivity contribution in [1.82, 2.24) is 15.6 Å². The Labute approximate surface area is 151 Å². The highest BCUT2D eigenvalue weighted by Gasteiger charge is 2.23. The summed E-state index contributed by atoms with van der Waals surface area (Å²) in [7, 11) is 0. The number of carbonyl (C=O) groups is 1. The van der Waals surface area contributed by atoms with Crippen LogP contribution >= 0.6 is 34.2 Å². The largest absolute Gasteiger partial charge is 0.351 e. The molecule has 3 N–H and O–H groups in total.